The van der Waals surface area contributed by atoms with E-state index in [0.29, 0.717) is 0 Å². The molecule has 0 fully saturated rings. The number of rotatable bonds is 3. The summed E-state index contributed by atoms with van der Waals surface area (Å²) >= 11 is 0. The number of carbonyl (C=O) groups is 1. The maximum atomic E-state index is 12.3. The first kappa shape index (κ1) is 17.8. The molecule has 28 heavy (non-hydrogen) atoms. The third kappa shape index (κ3) is 3.60. The summed E-state index contributed by atoms with van der Waals surface area (Å²) in [6.45, 7) is 6.12. The van der Waals surface area contributed by atoms with E-state index in [1.54, 1.807) is 0 Å². The predicted octanol–water partition coefficient (Wildman–Crippen LogP) is 5.57. The number of urea groups is 1. The van der Waals surface area contributed by atoms with E-state index >= 15 is 0 Å². The van der Waals surface area contributed by atoms with E-state index in [9.17, 15) is 4.79 Å². The van der Waals surface area contributed by atoms with E-state index in [1.807, 2.05) is 92.2 Å². The zero-order valence-electron chi connectivity index (χ0n) is 16.2. The molecule has 0 bridgehead atoms. The smallest absolute Gasteiger partial charge is 0.308 e. The number of nitrogens with zero attached hydrogens (tertiary/aromatic N) is 2. The van der Waals surface area contributed by atoms with Crippen LogP contribution in [0.25, 0.3) is 16.9 Å². The minimum Gasteiger partial charge on any atom is -0.308 e. The molecule has 4 aromatic rings. The van der Waals surface area contributed by atoms with Crippen molar-refractivity contribution in [2.45, 2.75) is 20.8 Å². The molecule has 0 spiro atoms. The van der Waals surface area contributed by atoms with Crippen molar-refractivity contribution in [1.82, 2.24) is 9.38 Å². The van der Waals surface area contributed by atoms with Gasteiger partial charge in [-0.2, -0.15) is 0 Å². The summed E-state index contributed by atoms with van der Waals surface area (Å²) in [5.41, 5.74) is 7.84. The number of pyridine rings is 1. The molecule has 0 aliphatic heterocycles. The van der Waals surface area contributed by atoms with E-state index in [2.05, 4.69) is 10.6 Å². The lowest BCUT2D eigenvalue weighted by Gasteiger charge is -2.09. The van der Waals surface area contributed by atoms with Gasteiger partial charge in [-0.25, -0.2) is 9.78 Å². The molecular weight excluding hydrogens is 348 g/mol. The summed E-state index contributed by atoms with van der Waals surface area (Å²) in [7, 11) is 0. The second-order valence-corrected chi connectivity index (χ2v) is 7.00. The number of fused-ring (bicyclic) bond motifs is 1. The summed E-state index contributed by atoms with van der Waals surface area (Å²) in [4.78, 5) is 17.0. The predicted molar refractivity (Wildman–Crippen MR) is 114 cm³/mol. The summed E-state index contributed by atoms with van der Waals surface area (Å²) in [6.07, 6.45) is 4.00. The number of carbonyl (C=O) groups excluding carboxylic acids is 1. The average molecular weight is 370 g/mol. The zero-order chi connectivity index (χ0) is 19.7. The minimum atomic E-state index is -0.264. The quantitative estimate of drug-likeness (QED) is 0.495. The highest BCUT2D eigenvalue weighted by Gasteiger charge is 2.07. The first-order valence-corrected chi connectivity index (χ1v) is 9.19. The third-order valence-corrected chi connectivity index (χ3v) is 4.88. The Morgan fingerprint density at radius 2 is 1.57 bits per heavy atom. The highest BCUT2D eigenvalue weighted by molar-refractivity contribution is 5.99. The van der Waals surface area contributed by atoms with Gasteiger partial charge in [0, 0.05) is 29.3 Å². The Kier molecular flexibility index (Phi) is 4.57. The molecule has 2 aromatic carbocycles. The molecule has 5 nitrogen and oxygen atoms in total. The lowest BCUT2D eigenvalue weighted by Crippen LogP contribution is -2.19. The van der Waals surface area contributed by atoms with Crippen molar-refractivity contribution in [3.05, 3.63) is 83.7 Å². The topological polar surface area (TPSA) is 58.4 Å². The van der Waals surface area contributed by atoms with Crippen LogP contribution in [-0.2, 0) is 0 Å². The van der Waals surface area contributed by atoms with E-state index in [0.717, 1.165) is 39.4 Å². The Morgan fingerprint density at radius 1 is 0.857 bits per heavy atom. The molecule has 0 radical (unpaired) electrons. The van der Waals surface area contributed by atoms with Gasteiger partial charge in [-0.1, -0.05) is 24.3 Å². The van der Waals surface area contributed by atoms with E-state index in [-0.39, 0.29) is 6.03 Å². The van der Waals surface area contributed by atoms with Crippen LogP contribution in [0.15, 0.2) is 67.0 Å². The Bertz CT molecular complexity index is 1160. The number of amides is 2. The van der Waals surface area contributed by atoms with Crippen molar-refractivity contribution >= 4 is 23.1 Å². The minimum absolute atomic E-state index is 0.264. The molecule has 0 saturated carbocycles. The fourth-order valence-corrected chi connectivity index (χ4v) is 3.13. The number of nitrogens with one attached hydrogen (secondary N) is 2. The van der Waals surface area contributed by atoms with Gasteiger partial charge in [0.1, 0.15) is 5.65 Å². The SMILES string of the molecule is Cc1ccc(NC(=O)Nc2ccc(-c3cn4cccc(C)c4n3)cc2)cc1C. The van der Waals surface area contributed by atoms with Crippen LogP contribution in [0.2, 0.25) is 0 Å². The van der Waals surface area contributed by atoms with Crippen LogP contribution >= 0.6 is 0 Å². The Hall–Kier alpha value is -3.60. The molecule has 0 atom stereocenters. The molecule has 0 saturated heterocycles. The monoisotopic (exact) mass is 370 g/mol. The van der Waals surface area contributed by atoms with Crippen LogP contribution in [0, 0.1) is 20.8 Å². The van der Waals surface area contributed by atoms with Gasteiger partial charge >= 0.3 is 6.03 Å². The van der Waals surface area contributed by atoms with Gasteiger partial charge in [0.25, 0.3) is 0 Å². The number of aryl methyl sites for hydroxylation is 3. The van der Waals surface area contributed by atoms with Gasteiger partial charge in [0.2, 0.25) is 0 Å². The van der Waals surface area contributed by atoms with E-state index in [1.165, 1.54) is 5.56 Å². The standard InChI is InChI=1S/C23H22N4O/c1-15-6-9-20(13-17(15)3)25-23(28)24-19-10-7-18(8-11-19)21-14-27-12-4-5-16(2)22(27)26-21/h4-14H,1-3H3,(H2,24,25,28). The second kappa shape index (κ2) is 7.19. The van der Waals surface area contributed by atoms with Crippen LogP contribution in [0.1, 0.15) is 16.7 Å². The van der Waals surface area contributed by atoms with E-state index in [4.69, 9.17) is 4.98 Å². The van der Waals surface area contributed by atoms with Crippen LogP contribution in [0.5, 0.6) is 0 Å². The number of benzene rings is 2. The van der Waals surface area contributed by atoms with Crippen molar-refractivity contribution in [1.29, 1.82) is 0 Å². The maximum absolute atomic E-state index is 12.3. The number of aromatic nitrogens is 2. The van der Waals surface area contributed by atoms with Gasteiger partial charge in [0.15, 0.2) is 0 Å². The van der Waals surface area contributed by atoms with Crippen molar-refractivity contribution in [2.24, 2.45) is 0 Å². The van der Waals surface area contributed by atoms with Gasteiger partial charge in [-0.3, -0.25) is 0 Å². The van der Waals surface area contributed by atoms with Crippen molar-refractivity contribution in [3.63, 3.8) is 0 Å². The zero-order valence-corrected chi connectivity index (χ0v) is 16.2. The highest BCUT2D eigenvalue weighted by Crippen LogP contribution is 2.22. The van der Waals surface area contributed by atoms with Gasteiger partial charge < -0.3 is 15.0 Å². The molecule has 2 aromatic heterocycles. The number of hydrogen-bond donors (Lipinski definition) is 2. The molecule has 2 heterocycles. The Balaban J connectivity index is 1.47. The summed E-state index contributed by atoms with van der Waals surface area (Å²) < 4.78 is 2.02. The summed E-state index contributed by atoms with van der Waals surface area (Å²) in [5, 5.41) is 5.73. The first-order chi connectivity index (χ1) is 13.5. The molecule has 5 heteroatoms. The summed E-state index contributed by atoms with van der Waals surface area (Å²) in [5.74, 6) is 0. The van der Waals surface area contributed by atoms with E-state index < -0.39 is 0 Å². The molecule has 0 aliphatic rings. The molecule has 4 rings (SSSR count). The number of anilines is 2. The van der Waals surface area contributed by atoms with Crippen LogP contribution in [0.4, 0.5) is 16.2 Å². The number of imidazole rings is 1. The fraction of sp³-hybridized carbons (Fsp3) is 0.130. The van der Waals surface area contributed by atoms with Gasteiger partial charge in [-0.05, 0) is 67.8 Å². The van der Waals surface area contributed by atoms with Crippen molar-refractivity contribution < 1.29 is 4.79 Å². The van der Waals surface area contributed by atoms with Crippen molar-refractivity contribution in [2.75, 3.05) is 10.6 Å². The largest absolute Gasteiger partial charge is 0.323 e. The molecule has 2 N–H and O–H groups in total. The average Bonchev–Trinajstić information content (AvgIpc) is 3.11. The lowest BCUT2D eigenvalue weighted by molar-refractivity contribution is 0.262. The van der Waals surface area contributed by atoms with Crippen molar-refractivity contribution in [3.8, 4) is 11.3 Å². The normalized spacial score (nSPS) is 10.8. The Morgan fingerprint density at radius 3 is 2.29 bits per heavy atom. The van der Waals surface area contributed by atoms with Gasteiger partial charge in [0.05, 0.1) is 5.69 Å². The molecular formula is C23H22N4O. The fourth-order valence-electron chi connectivity index (χ4n) is 3.13. The number of hydrogen-bond acceptors (Lipinski definition) is 2. The molecule has 2 amide bonds. The highest BCUT2D eigenvalue weighted by atomic mass is 16.2. The van der Waals surface area contributed by atoms with Crippen LogP contribution < -0.4 is 10.6 Å². The lowest BCUT2D eigenvalue weighted by atomic mass is 10.1. The summed E-state index contributed by atoms with van der Waals surface area (Å²) in [6, 6.07) is 17.3. The first-order valence-electron chi connectivity index (χ1n) is 9.19. The molecule has 0 unspecified atom stereocenters. The Labute approximate surface area is 164 Å². The van der Waals surface area contributed by atoms with Crippen LogP contribution in [-0.4, -0.2) is 15.4 Å². The molecule has 140 valence electrons. The third-order valence-electron chi connectivity index (χ3n) is 4.88. The molecule has 0 aliphatic carbocycles. The maximum Gasteiger partial charge on any atom is 0.323 e. The van der Waals surface area contributed by atoms with Gasteiger partial charge in [-0.15, -0.1) is 0 Å². The second-order valence-electron chi connectivity index (χ2n) is 7.00. The van der Waals surface area contributed by atoms with Crippen LogP contribution in [0.3, 0.4) is 0 Å².